The predicted octanol–water partition coefficient (Wildman–Crippen LogP) is 1.31. The van der Waals surface area contributed by atoms with Gasteiger partial charge in [-0.3, -0.25) is 14.2 Å². The van der Waals surface area contributed by atoms with Crippen molar-refractivity contribution < 1.29 is 14.3 Å². The molecular weight excluding hydrogens is 315 g/mol. The van der Waals surface area contributed by atoms with Gasteiger partial charge in [-0.25, -0.2) is 9.18 Å². The van der Waals surface area contributed by atoms with Gasteiger partial charge < -0.3 is 9.67 Å². The lowest BCUT2D eigenvalue weighted by atomic mass is 9.98. The number of allylic oxidation sites excluding steroid dienone is 1. The Balaban J connectivity index is 2.23. The molecular formula is C17H15FN2O4. The molecule has 0 amide bonds. The van der Waals surface area contributed by atoms with E-state index in [2.05, 4.69) is 0 Å². The Kier molecular flexibility index (Phi) is 3.51. The number of aryl methyl sites for hydroxylation is 1. The number of rotatable bonds is 1. The summed E-state index contributed by atoms with van der Waals surface area (Å²) in [6.07, 6.45) is 2.69. The molecule has 1 unspecified atom stereocenters. The minimum Gasteiger partial charge on any atom is -0.507 e. The van der Waals surface area contributed by atoms with Crippen molar-refractivity contribution in [3.63, 3.8) is 0 Å². The summed E-state index contributed by atoms with van der Waals surface area (Å²) in [6.45, 7) is 1.63. The van der Waals surface area contributed by atoms with Crippen LogP contribution in [0.4, 0.5) is 4.39 Å². The van der Waals surface area contributed by atoms with E-state index in [0.717, 1.165) is 16.7 Å². The molecule has 1 N–H and O–H groups in total. The van der Waals surface area contributed by atoms with Crippen molar-refractivity contribution in [3.05, 3.63) is 67.2 Å². The Morgan fingerprint density at radius 1 is 1.21 bits per heavy atom. The van der Waals surface area contributed by atoms with E-state index in [4.69, 9.17) is 0 Å². The number of halogens is 1. The fourth-order valence-corrected chi connectivity index (χ4v) is 3.03. The van der Waals surface area contributed by atoms with Crippen LogP contribution in [0.3, 0.4) is 0 Å². The SMILES string of the molecule is CC1/C(=C\c2cn(C)c(=O)n(C)c2=O)C(=O)c2c(O)ccc(F)c21. The largest absolute Gasteiger partial charge is 0.507 e. The number of carbonyl (C=O) groups is 1. The van der Waals surface area contributed by atoms with Crippen molar-refractivity contribution in [3.8, 4) is 5.75 Å². The summed E-state index contributed by atoms with van der Waals surface area (Å²) < 4.78 is 16.2. The van der Waals surface area contributed by atoms with Gasteiger partial charge in [-0.1, -0.05) is 6.92 Å². The molecule has 0 saturated carbocycles. The third-order valence-corrected chi connectivity index (χ3v) is 4.34. The van der Waals surface area contributed by atoms with E-state index >= 15 is 0 Å². The minimum atomic E-state index is -0.610. The Bertz CT molecular complexity index is 1030. The monoisotopic (exact) mass is 330 g/mol. The summed E-state index contributed by atoms with van der Waals surface area (Å²) >= 11 is 0. The van der Waals surface area contributed by atoms with Gasteiger partial charge in [0, 0.05) is 37.3 Å². The summed E-state index contributed by atoms with van der Waals surface area (Å²) in [5.41, 5.74) is -0.655. The molecule has 2 aromatic rings. The molecule has 0 bridgehead atoms. The molecule has 0 aliphatic heterocycles. The number of fused-ring (bicyclic) bond motifs is 1. The van der Waals surface area contributed by atoms with Crippen LogP contribution in [0.15, 0.2) is 33.5 Å². The van der Waals surface area contributed by atoms with Crippen LogP contribution in [0.2, 0.25) is 0 Å². The van der Waals surface area contributed by atoms with Crippen LogP contribution in [-0.4, -0.2) is 20.0 Å². The molecule has 1 atom stereocenters. The first kappa shape index (κ1) is 15.9. The first-order valence-electron chi connectivity index (χ1n) is 7.28. The van der Waals surface area contributed by atoms with E-state index in [9.17, 15) is 23.9 Å². The molecule has 3 rings (SSSR count). The number of Topliss-reactive ketones (excluding diaryl/α,β-unsaturated/α-hetero) is 1. The Morgan fingerprint density at radius 2 is 1.88 bits per heavy atom. The number of phenolic OH excluding ortho intramolecular Hbond substituents is 1. The van der Waals surface area contributed by atoms with Crippen LogP contribution < -0.4 is 11.2 Å². The van der Waals surface area contributed by atoms with Crippen molar-refractivity contribution in [1.82, 2.24) is 9.13 Å². The zero-order chi connectivity index (χ0) is 17.8. The van der Waals surface area contributed by atoms with Crippen molar-refractivity contribution in [2.24, 2.45) is 14.1 Å². The molecule has 0 radical (unpaired) electrons. The number of nitrogens with zero attached hydrogens (tertiary/aromatic N) is 2. The zero-order valence-corrected chi connectivity index (χ0v) is 13.3. The quantitative estimate of drug-likeness (QED) is 0.800. The number of aromatic nitrogens is 2. The lowest BCUT2D eigenvalue weighted by Gasteiger charge is -2.08. The van der Waals surface area contributed by atoms with Gasteiger partial charge in [-0.15, -0.1) is 0 Å². The molecule has 6 nitrogen and oxygen atoms in total. The Morgan fingerprint density at radius 3 is 2.50 bits per heavy atom. The number of hydrogen-bond donors (Lipinski definition) is 1. The standard InChI is InChI=1S/C17H15FN2O4/c1-8-10(6-9-7-19(2)17(24)20(3)16(9)23)15(22)14-12(21)5-4-11(18)13(8)14/h4-8,21H,1-3H3/b10-6+. The number of aromatic hydroxyl groups is 1. The number of hydrogen-bond acceptors (Lipinski definition) is 4. The molecule has 7 heteroatoms. The van der Waals surface area contributed by atoms with E-state index in [1.54, 1.807) is 6.92 Å². The number of carbonyl (C=O) groups excluding carboxylic acids is 1. The Labute approximate surface area is 136 Å². The van der Waals surface area contributed by atoms with Gasteiger partial charge in [0.15, 0.2) is 5.78 Å². The van der Waals surface area contributed by atoms with Gasteiger partial charge in [-0.05, 0) is 18.2 Å². The van der Waals surface area contributed by atoms with Crippen LogP contribution >= 0.6 is 0 Å². The molecule has 24 heavy (non-hydrogen) atoms. The molecule has 1 aromatic carbocycles. The molecule has 0 spiro atoms. The summed E-state index contributed by atoms with van der Waals surface area (Å²) in [6, 6.07) is 2.24. The second kappa shape index (κ2) is 5.30. The van der Waals surface area contributed by atoms with Gasteiger partial charge >= 0.3 is 5.69 Å². The highest BCUT2D eigenvalue weighted by molar-refractivity contribution is 6.18. The molecule has 1 heterocycles. The zero-order valence-electron chi connectivity index (χ0n) is 13.3. The maximum absolute atomic E-state index is 14.1. The highest BCUT2D eigenvalue weighted by Crippen LogP contribution is 2.43. The summed E-state index contributed by atoms with van der Waals surface area (Å²) in [4.78, 5) is 36.5. The number of benzene rings is 1. The molecule has 1 aromatic heterocycles. The normalized spacial score (nSPS) is 18.2. The van der Waals surface area contributed by atoms with Crippen LogP contribution in [0.1, 0.15) is 34.3 Å². The molecule has 1 aliphatic carbocycles. The average molecular weight is 330 g/mol. The summed E-state index contributed by atoms with van der Waals surface area (Å²) in [7, 11) is 2.83. The fraction of sp³-hybridized carbons (Fsp3) is 0.235. The van der Waals surface area contributed by atoms with Crippen molar-refractivity contribution in [2.45, 2.75) is 12.8 Å². The predicted molar refractivity (Wildman–Crippen MR) is 85.7 cm³/mol. The maximum Gasteiger partial charge on any atom is 0.330 e. The highest BCUT2D eigenvalue weighted by Gasteiger charge is 2.36. The number of ketones is 1. The van der Waals surface area contributed by atoms with Gasteiger partial charge in [0.25, 0.3) is 5.56 Å². The smallest absolute Gasteiger partial charge is 0.330 e. The van der Waals surface area contributed by atoms with Crippen molar-refractivity contribution in [2.75, 3.05) is 0 Å². The molecule has 124 valence electrons. The van der Waals surface area contributed by atoms with Crippen LogP contribution in [-0.2, 0) is 14.1 Å². The van der Waals surface area contributed by atoms with Gasteiger partial charge in [-0.2, -0.15) is 0 Å². The van der Waals surface area contributed by atoms with Crippen molar-refractivity contribution >= 4 is 11.9 Å². The fourth-order valence-electron chi connectivity index (χ4n) is 3.03. The van der Waals surface area contributed by atoms with E-state index < -0.39 is 28.8 Å². The van der Waals surface area contributed by atoms with Crippen LogP contribution in [0.25, 0.3) is 6.08 Å². The number of phenols is 1. The van der Waals surface area contributed by atoms with Crippen LogP contribution in [0.5, 0.6) is 5.75 Å². The maximum atomic E-state index is 14.1. The highest BCUT2D eigenvalue weighted by atomic mass is 19.1. The second-order valence-electron chi connectivity index (χ2n) is 5.85. The van der Waals surface area contributed by atoms with E-state index in [-0.39, 0.29) is 28.0 Å². The first-order chi connectivity index (χ1) is 11.2. The second-order valence-corrected chi connectivity index (χ2v) is 5.85. The molecule has 0 fully saturated rings. The summed E-state index contributed by atoms with van der Waals surface area (Å²) in [5.74, 6) is -2.01. The molecule has 1 aliphatic rings. The lowest BCUT2D eigenvalue weighted by Crippen LogP contribution is -2.37. The van der Waals surface area contributed by atoms with E-state index in [1.807, 2.05) is 0 Å². The lowest BCUT2D eigenvalue weighted by molar-refractivity contribution is 0.103. The Hall–Kier alpha value is -2.96. The van der Waals surface area contributed by atoms with E-state index in [0.29, 0.717) is 0 Å². The third kappa shape index (κ3) is 2.12. The van der Waals surface area contributed by atoms with Gasteiger partial charge in [0.1, 0.15) is 11.6 Å². The summed E-state index contributed by atoms with van der Waals surface area (Å²) in [5, 5.41) is 9.88. The van der Waals surface area contributed by atoms with Gasteiger partial charge in [0.2, 0.25) is 0 Å². The van der Waals surface area contributed by atoms with E-state index in [1.165, 1.54) is 30.9 Å². The third-order valence-electron chi connectivity index (χ3n) is 4.34. The molecule has 0 saturated heterocycles. The average Bonchev–Trinajstić information content (AvgIpc) is 2.79. The van der Waals surface area contributed by atoms with Gasteiger partial charge in [0.05, 0.1) is 11.1 Å². The van der Waals surface area contributed by atoms with Crippen molar-refractivity contribution in [1.29, 1.82) is 0 Å². The first-order valence-corrected chi connectivity index (χ1v) is 7.28. The topological polar surface area (TPSA) is 81.3 Å². The minimum absolute atomic E-state index is 0.0737. The van der Waals surface area contributed by atoms with Crippen LogP contribution in [0, 0.1) is 5.82 Å².